The number of carbonyl (C=O) groups is 1. The monoisotopic (exact) mass is 440 g/mol. The summed E-state index contributed by atoms with van der Waals surface area (Å²) < 4.78 is 46.9. The number of nitrogens with zero attached hydrogens (tertiary/aromatic N) is 2. The molecule has 156 valence electrons. The lowest BCUT2D eigenvalue weighted by atomic mass is 10.1. The molecule has 0 spiro atoms. The molecule has 1 saturated heterocycles. The molecule has 1 aliphatic rings. The number of rotatable bonds is 4. The van der Waals surface area contributed by atoms with E-state index >= 15 is 0 Å². The van der Waals surface area contributed by atoms with Gasteiger partial charge in [0.05, 0.1) is 17.7 Å². The Morgan fingerprint density at radius 3 is 2.31 bits per heavy atom. The van der Waals surface area contributed by atoms with Crippen molar-refractivity contribution in [1.29, 1.82) is 0 Å². The highest BCUT2D eigenvalue weighted by molar-refractivity contribution is 7.89. The molecule has 0 bridgehead atoms. The second-order valence-corrected chi connectivity index (χ2v) is 9.19. The largest absolute Gasteiger partial charge is 0.495 e. The van der Waals surface area contributed by atoms with Crippen molar-refractivity contribution in [2.45, 2.75) is 18.7 Å². The zero-order chi connectivity index (χ0) is 21.3. The highest BCUT2D eigenvalue weighted by atomic mass is 35.5. The number of hydrogen-bond acceptors (Lipinski definition) is 4. The van der Waals surface area contributed by atoms with Gasteiger partial charge in [0.1, 0.15) is 16.5 Å². The lowest BCUT2D eigenvalue weighted by Gasteiger charge is -2.34. The first-order chi connectivity index (χ1) is 13.7. The number of ether oxygens (including phenoxy) is 1. The zero-order valence-electron chi connectivity index (χ0n) is 16.4. The summed E-state index contributed by atoms with van der Waals surface area (Å²) in [5, 5.41) is 0.0323. The van der Waals surface area contributed by atoms with Gasteiger partial charge in [-0.15, -0.1) is 0 Å². The minimum Gasteiger partial charge on any atom is -0.495 e. The first-order valence-corrected chi connectivity index (χ1v) is 10.9. The second-order valence-electron chi connectivity index (χ2n) is 6.88. The predicted octanol–water partition coefficient (Wildman–Crippen LogP) is 3.25. The quantitative estimate of drug-likeness (QED) is 0.732. The molecule has 1 amide bonds. The maximum Gasteiger partial charge on any atom is 0.258 e. The normalized spacial score (nSPS) is 15.4. The molecule has 1 fully saturated rings. The van der Waals surface area contributed by atoms with E-state index in [1.807, 2.05) is 13.8 Å². The maximum atomic E-state index is 14.0. The zero-order valence-corrected chi connectivity index (χ0v) is 18.0. The molecule has 0 aromatic heterocycles. The SMILES string of the molecule is COc1cc(C)c(C)cc1S(=O)(=O)N1CCN(C(=O)c2c(F)cccc2Cl)CC1. The van der Waals surface area contributed by atoms with Crippen LogP contribution in [0, 0.1) is 19.7 Å². The molecule has 2 aromatic rings. The van der Waals surface area contributed by atoms with Gasteiger partial charge < -0.3 is 9.64 Å². The van der Waals surface area contributed by atoms with E-state index in [1.54, 1.807) is 12.1 Å². The first kappa shape index (κ1) is 21.5. The van der Waals surface area contributed by atoms with E-state index in [-0.39, 0.29) is 47.4 Å². The summed E-state index contributed by atoms with van der Waals surface area (Å²) >= 11 is 5.98. The molecular formula is C20H22ClFN2O4S. The highest BCUT2D eigenvalue weighted by Gasteiger charge is 2.33. The van der Waals surface area contributed by atoms with Crippen LogP contribution in [0.15, 0.2) is 35.2 Å². The second kappa shape index (κ2) is 8.30. The summed E-state index contributed by atoms with van der Waals surface area (Å²) in [6, 6.07) is 7.34. The Morgan fingerprint density at radius 1 is 1.10 bits per heavy atom. The van der Waals surface area contributed by atoms with Crippen LogP contribution in [-0.2, 0) is 10.0 Å². The molecule has 29 heavy (non-hydrogen) atoms. The molecule has 0 saturated carbocycles. The van der Waals surface area contributed by atoms with Gasteiger partial charge in [0.2, 0.25) is 10.0 Å². The Bertz CT molecular complexity index is 1030. The third kappa shape index (κ3) is 4.10. The molecule has 0 aliphatic carbocycles. The molecule has 0 atom stereocenters. The minimum atomic E-state index is -3.80. The van der Waals surface area contributed by atoms with E-state index in [1.165, 1.54) is 34.5 Å². The van der Waals surface area contributed by atoms with Crippen LogP contribution in [0.3, 0.4) is 0 Å². The van der Waals surface area contributed by atoms with E-state index in [9.17, 15) is 17.6 Å². The van der Waals surface area contributed by atoms with Crippen molar-refractivity contribution < 1.29 is 22.3 Å². The van der Waals surface area contributed by atoms with Crippen molar-refractivity contribution in [3.8, 4) is 5.75 Å². The lowest BCUT2D eigenvalue weighted by Crippen LogP contribution is -2.50. The number of amides is 1. The molecule has 2 aromatic carbocycles. The van der Waals surface area contributed by atoms with Crippen LogP contribution < -0.4 is 4.74 Å². The highest BCUT2D eigenvalue weighted by Crippen LogP contribution is 2.30. The van der Waals surface area contributed by atoms with E-state index in [4.69, 9.17) is 16.3 Å². The number of aryl methyl sites for hydroxylation is 2. The summed E-state index contributed by atoms with van der Waals surface area (Å²) in [6.45, 7) is 4.17. The van der Waals surface area contributed by atoms with Crippen molar-refractivity contribution in [3.63, 3.8) is 0 Å². The van der Waals surface area contributed by atoms with Crippen molar-refractivity contribution in [2.75, 3.05) is 33.3 Å². The van der Waals surface area contributed by atoms with Gasteiger partial charge in [-0.3, -0.25) is 4.79 Å². The van der Waals surface area contributed by atoms with Gasteiger partial charge in [0.15, 0.2) is 0 Å². The van der Waals surface area contributed by atoms with E-state index in [2.05, 4.69) is 0 Å². The fourth-order valence-electron chi connectivity index (χ4n) is 3.26. The summed E-state index contributed by atoms with van der Waals surface area (Å²) in [4.78, 5) is 14.2. The smallest absolute Gasteiger partial charge is 0.258 e. The fraction of sp³-hybridized carbons (Fsp3) is 0.350. The van der Waals surface area contributed by atoms with Gasteiger partial charge in [-0.1, -0.05) is 17.7 Å². The lowest BCUT2D eigenvalue weighted by molar-refractivity contribution is 0.0693. The van der Waals surface area contributed by atoms with Crippen molar-refractivity contribution in [1.82, 2.24) is 9.21 Å². The number of methoxy groups -OCH3 is 1. The molecule has 3 rings (SSSR count). The average molecular weight is 441 g/mol. The summed E-state index contributed by atoms with van der Waals surface area (Å²) in [7, 11) is -2.38. The number of halogens is 2. The molecule has 0 unspecified atom stereocenters. The van der Waals surface area contributed by atoms with Gasteiger partial charge >= 0.3 is 0 Å². The Hall–Kier alpha value is -2.16. The Morgan fingerprint density at radius 2 is 1.72 bits per heavy atom. The minimum absolute atomic E-state index is 0.0323. The summed E-state index contributed by atoms with van der Waals surface area (Å²) in [5.41, 5.74) is 1.58. The molecule has 0 N–H and O–H groups in total. The third-order valence-corrected chi connectivity index (χ3v) is 7.34. The summed E-state index contributed by atoms with van der Waals surface area (Å²) in [5.74, 6) is -0.962. The van der Waals surface area contributed by atoms with Crippen molar-refractivity contribution in [3.05, 3.63) is 57.9 Å². The van der Waals surface area contributed by atoms with Crippen LogP contribution in [0.2, 0.25) is 5.02 Å². The molecule has 1 heterocycles. The number of benzene rings is 2. The van der Waals surface area contributed by atoms with E-state index in [0.717, 1.165) is 11.1 Å². The predicted molar refractivity (Wildman–Crippen MR) is 109 cm³/mol. The van der Waals surface area contributed by atoms with Gasteiger partial charge in [0, 0.05) is 26.2 Å². The Kier molecular flexibility index (Phi) is 6.16. The van der Waals surface area contributed by atoms with Crippen LogP contribution >= 0.6 is 11.6 Å². The molecule has 9 heteroatoms. The molecule has 1 aliphatic heterocycles. The van der Waals surface area contributed by atoms with E-state index < -0.39 is 21.7 Å². The van der Waals surface area contributed by atoms with Crippen LogP contribution in [0.1, 0.15) is 21.5 Å². The van der Waals surface area contributed by atoms with Crippen LogP contribution in [0.4, 0.5) is 4.39 Å². The van der Waals surface area contributed by atoms with Gasteiger partial charge in [-0.05, 0) is 49.2 Å². The van der Waals surface area contributed by atoms with Gasteiger partial charge in [-0.2, -0.15) is 4.31 Å². The number of piperazine rings is 1. The number of hydrogen-bond donors (Lipinski definition) is 0. The average Bonchev–Trinajstić information content (AvgIpc) is 2.69. The third-order valence-electron chi connectivity index (χ3n) is 5.10. The van der Waals surface area contributed by atoms with Crippen LogP contribution in [-0.4, -0.2) is 56.8 Å². The first-order valence-electron chi connectivity index (χ1n) is 9.05. The number of carbonyl (C=O) groups excluding carboxylic acids is 1. The topological polar surface area (TPSA) is 66.9 Å². The molecule has 0 radical (unpaired) electrons. The van der Waals surface area contributed by atoms with Crippen LogP contribution in [0.5, 0.6) is 5.75 Å². The standard InChI is InChI=1S/C20H22ClFN2O4S/c1-13-11-17(28-3)18(12-14(13)2)29(26,27)24-9-7-23(8-10-24)20(25)19-15(21)5-4-6-16(19)22/h4-6,11-12H,7-10H2,1-3H3. The maximum absolute atomic E-state index is 14.0. The Balaban J connectivity index is 1.80. The molecular weight excluding hydrogens is 419 g/mol. The number of sulfonamides is 1. The van der Waals surface area contributed by atoms with Gasteiger partial charge in [0.25, 0.3) is 5.91 Å². The summed E-state index contributed by atoms with van der Waals surface area (Å²) in [6.07, 6.45) is 0. The van der Waals surface area contributed by atoms with E-state index in [0.29, 0.717) is 0 Å². The molecule has 6 nitrogen and oxygen atoms in total. The van der Waals surface area contributed by atoms with Crippen molar-refractivity contribution in [2.24, 2.45) is 0 Å². The van der Waals surface area contributed by atoms with Crippen LogP contribution in [0.25, 0.3) is 0 Å². The fourth-order valence-corrected chi connectivity index (χ4v) is 5.14. The van der Waals surface area contributed by atoms with Crippen molar-refractivity contribution >= 4 is 27.5 Å². The van der Waals surface area contributed by atoms with Gasteiger partial charge in [-0.25, -0.2) is 12.8 Å². The Labute approximate surface area is 174 Å².